The van der Waals surface area contributed by atoms with E-state index in [0.717, 1.165) is 44.4 Å². The maximum absolute atomic E-state index is 8.94. The van der Waals surface area contributed by atoms with Gasteiger partial charge in [0.25, 0.3) is 0 Å². The molecule has 2 atom stereocenters. The third-order valence-corrected chi connectivity index (χ3v) is 3.88. The minimum atomic E-state index is 0.327. The fourth-order valence-electron chi connectivity index (χ4n) is 2.96. The van der Waals surface area contributed by atoms with Gasteiger partial charge >= 0.3 is 0 Å². The second kappa shape index (κ2) is 6.69. The summed E-state index contributed by atoms with van der Waals surface area (Å²) < 4.78 is 0. The van der Waals surface area contributed by atoms with Crippen molar-refractivity contribution >= 4 is 0 Å². The number of piperidine rings is 1. The maximum Gasteiger partial charge on any atom is 0.0431 e. The first-order valence-corrected chi connectivity index (χ1v) is 7.11. The number of nitrogens with zero attached hydrogens (tertiary/aromatic N) is 1. The summed E-state index contributed by atoms with van der Waals surface area (Å²) in [5, 5.41) is 12.7. The average Bonchev–Trinajstić information content (AvgIpc) is 3.10. The third-order valence-electron chi connectivity index (χ3n) is 3.88. The van der Waals surface area contributed by atoms with Gasteiger partial charge in [-0.25, -0.2) is 0 Å². The van der Waals surface area contributed by atoms with Crippen molar-refractivity contribution in [3.8, 4) is 0 Å². The van der Waals surface area contributed by atoms with Crippen LogP contribution in [-0.2, 0) is 0 Å². The van der Waals surface area contributed by atoms with Crippen LogP contribution in [0.1, 0.15) is 32.1 Å². The molecule has 4 N–H and O–H groups in total. The Morgan fingerprint density at radius 2 is 2.06 bits per heavy atom. The molecule has 100 valence electrons. The Morgan fingerprint density at radius 3 is 2.71 bits per heavy atom. The van der Waals surface area contributed by atoms with Crippen LogP contribution in [-0.4, -0.2) is 54.9 Å². The number of hydrogen-bond donors (Lipinski definition) is 3. The van der Waals surface area contributed by atoms with E-state index < -0.39 is 0 Å². The molecule has 0 spiro atoms. The molecule has 1 aliphatic heterocycles. The first-order chi connectivity index (χ1) is 8.31. The van der Waals surface area contributed by atoms with Crippen LogP contribution >= 0.6 is 0 Å². The van der Waals surface area contributed by atoms with Crippen LogP contribution in [0, 0.1) is 5.92 Å². The van der Waals surface area contributed by atoms with Gasteiger partial charge in [0.15, 0.2) is 0 Å². The molecule has 2 aliphatic rings. The number of rotatable bonds is 7. The molecule has 0 aromatic heterocycles. The molecule has 1 heterocycles. The number of nitrogens with two attached hydrogens (primary N) is 1. The van der Waals surface area contributed by atoms with Crippen LogP contribution < -0.4 is 11.1 Å². The van der Waals surface area contributed by atoms with Crippen molar-refractivity contribution < 1.29 is 5.11 Å². The van der Waals surface area contributed by atoms with Crippen molar-refractivity contribution in [1.82, 2.24) is 10.2 Å². The molecule has 0 aromatic rings. The highest BCUT2D eigenvalue weighted by atomic mass is 16.2. The number of nitrogens with one attached hydrogen (secondary N) is 1. The minimum Gasteiger partial charge on any atom is -0.396 e. The van der Waals surface area contributed by atoms with Gasteiger partial charge in [0.05, 0.1) is 0 Å². The normalized spacial score (nSPS) is 30.7. The lowest BCUT2D eigenvalue weighted by atomic mass is 9.90. The zero-order valence-electron chi connectivity index (χ0n) is 10.8. The Labute approximate surface area is 105 Å². The van der Waals surface area contributed by atoms with Gasteiger partial charge in [-0.3, -0.25) is 0 Å². The molecule has 1 aliphatic carbocycles. The molecule has 1 saturated heterocycles. The zero-order chi connectivity index (χ0) is 12.1. The highest BCUT2D eigenvalue weighted by Crippen LogP contribution is 2.25. The van der Waals surface area contributed by atoms with Crippen molar-refractivity contribution in [3.05, 3.63) is 0 Å². The zero-order valence-corrected chi connectivity index (χ0v) is 10.8. The molecule has 4 nitrogen and oxygen atoms in total. The van der Waals surface area contributed by atoms with E-state index in [1.807, 2.05) is 0 Å². The second-order valence-electron chi connectivity index (χ2n) is 5.65. The minimum absolute atomic E-state index is 0.327. The van der Waals surface area contributed by atoms with Crippen molar-refractivity contribution in [2.24, 2.45) is 11.7 Å². The van der Waals surface area contributed by atoms with Crippen LogP contribution in [0.4, 0.5) is 0 Å². The average molecular weight is 241 g/mol. The highest BCUT2D eigenvalue weighted by Gasteiger charge is 2.30. The van der Waals surface area contributed by atoms with Gasteiger partial charge in [-0.15, -0.1) is 0 Å². The van der Waals surface area contributed by atoms with E-state index in [0.29, 0.717) is 12.6 Å². The van der Waals surface area contributed by atoms with Gasteiger partial charge < -0.3 is 21.1 Å². The monoisotopic (exact) mass is 241 g/mol. The fraction of sp³-hybridized carbons (Fsp3) is 1.00. The Kier molecular flexibility index (Phi) is 5.22. The molecule has 2 rings (SSSR count). The molecule has 4 heteroatoms. The largest absolute Gasteiger partial charge is 0.396 e. The topological polar surface area (TPSA) is 61.5 Å². The van der Waals surface area contributed by atoms with Crippen LogP contribution in [0.2, 0.25) is 0 Å². The highest BCUT2D eigenvalue weighted by molar-refractivity contribution is 4.90. The summed E-state index contributed by atoms with van der Waals surface area (Å²) >= 11 is 0. The first kappa shape index (κ1) is 13.3. The molecule has 2 fully saturated rings. The molecule has 0 bridgehead atoms. The predicted molar refractivity (Wildman–Crippen MR) is 69.9 cm³/mol. The lowest BCUT2D eigenvalue weighted by Crippen LogP contribution is -2.50. The van der Waals surface area contributed by atoms with Gasteiger partial charge in [-0.05, 0) is 38.0 Å². The van der Waals surface area contributed by atoms with Crippen molar-refractivity contribution in [2.75, 3.05) is 32.8 Å². The molecule has 0 radical (unpaired) electrons. The number of aliphatic hydroxyl groups is 1. The van der Waals surface area contributed by atoms with E-state index in [1.165, 1.54) is 25.8 Å². The van der Waals surface area contributed by atoms with E-state index in [2.05, 4.69) is 10.2 Å². The lowest BCUT2D eigenvalue weighted by Gasteiger charge is -2.38. The number of hydrogen-bond acceptors (Lipinski definition) is 4. The summed E-state index contributed by atoms with van der Waals surface area (Å²) in [6, 6.07) is 1.43. The Bertz CT molecular complexity index is 221. The summed E-state index contributed by atoms with van der Waals surface area (Å²) in [6.07, 6.45) is 6.08. The smallest absolute Gasteiger partial charge is 0.0431 e. The molecular formula is C13H27N3O. The summed E-state index contributed by atoms with van der Waals surface area (Å²) in [5.74, 6) is 0.735. The molecule has 0 aromatic carbocycles. The van der Waals surface area contributed by atoms with Crippen molar-refractivity contribution in [2.45, 2.75) is 44.2 Å². The predicted octanol–water partition coefficient (Wildman–Crippen LogP) is 0.160. The van der Waals surface area contributed by atoms with E-state index in [1.54, 1.807) is 0 Å². The lowest BCUT2D eigenvalue weighted by molar-refractivity contribution is 0.132. The van der Waals surface area contributed by atoms with E-state index in [-0.39, 0.29) is 0 Å². The molecule has 2 unspecified atom stereocenters. The van der Waals surface area contributed by atoms with Crippen molar-refractivity contribution in [3.63, 3.8) is 0 Å². The summed E-state index contributed by atoms with van der Waals surface area (Å²) in [6.45, 7) is 4.42. The number of aliphatic hydroxyl groups excluding tert-OH is 1. The molecular weight excluding hydrogens is 214 g/mol. The van der Waals surface area contributed by atoms with E-state index in [4.69, 9.17) is 10.8 Å². The van der Waals surface area contributed by atoms with E-state index in [9.17, 15) is 0 Å². The molecule has 17 heavy (non-hydrogen) atoms. The van der Waals surface area contributed by atoms with E-state index >= 15 is 0 Å². The van der Waals surface area contributed by atoms with Crippen molar-refractivity contribution in [1.29, 1.82) is 0 Å². The SMILES string of the molecule is NCCN1CC(CCCO)CC(NC2CC2)C1. The van der Waals surface area contributed by atoms with Gasteiger partial charge in [0.2, 0.25) is 0 Å². The van der Waals surface area contributed by atoms with Crippen LogP contribution in [0.25, 0.3) is 0 Å². The van der Waals surface area contributed by atoms with Crippen LogP contribution in [0.15, 0.2) is 0 Å². The van der Waals surface area contributed by atoms with Gasteiger partial charge in [-0.2, -0.15) is 0 Å². The summed E-state index contributed by atoms with van der Waals surface area (Å²) in [7, 11) is 0. The van der Waals surface area contributed by atoms with Crippen LogP contribution in [0.3, 0.4) is 0 Å². The fourth-order valence-corrected chi connectivity index (χ4v) is 2.96. The third kappa shape index (κ3) is 4.54. The van der Waals surface area contributed by atoms with Crippen LogP contribution in [0.5, 0.6) is 0 Å². The summed E-state index contributed by atoms with van der Waals surface area (Å²) in [4.78, 5) is 2.49. The quantitative estimate of drug-likeness (QED) is 0.594. The van der Waals surface area contributed by atoms with Gasteiger partial charge in [0, 0.05) is 44.9 Å². The standard InChI is InChI=1S/C13H27N3O/c14-5-6-16-9-11(2-1-7-17)8-13(10-16)15-12-3-4-12/h11-13,15,17H,1-10,14H2. The maximum atomic E-state index is 8.94. The summed E-state index contributed by atoms with van der Waals surface area (Å²) in [5.41, 5.74) is 5.66. The molecule has 0 amide bonds. The van der Waals surface area contributed by atoms with Gasteiger partial charge in [0.1, 0.15) is 0 Å². The first-order valence-electron chi connectivity index (χ1n) is 7.11. The Morgan fingerprint density at radius 1 is 1.24 bits per heavy atom. The number of likely N-dealkylation sites (tertiary alicyclic amines) is 1. The second-order valence-corrected chi connectivity index (χ2v) is 5.65. The molecule has 1 saturated carbocycles. The Balaban J connectivity index is 1.79. The Hall–Kier alpha value is -0.160. The van der Waals surface area contributed by atoms with Gasteiger partial charge in [-0.1, -0.05) is 0 Å².